The van der Waals surface area contributed by atoms with Crippen LogP contribution in [0.4, 0.5) is 4.79 Å². The van der Waals surface area contributed by atoms with Gasteiger partial charge in [0, 0.05) is 45.2 Å². The minimum Gasteiger partial charge on any atom is -0.353 e. The Balaban J connectivity index is 1.45. The number of hydroxylamine groups is 1. The van der Waals surface area contributed by atoms with Gasteiger partial charge >= 0.3 is 6.09 Å². The van der Waals surface area contributed by atoms with Gasteiger partial charge in [0.1, 0.15) is 6.29 Å². The van der Waals surface area contributed by atoms with E-state index in [0.29, 0.717) is 24.7 Å². The standard InChI is InChI=1S/C21H31N3O3/c1-16(7-6-12-25)23(2)21(26)27-22-20-11-10-18-14-24(15-19(18)20)13-17-8-4-3-5-9-17/h3-5,8-9,12,16,18-20,22H,6-7,10-11,13-15H2,1-2H3/t16-,18-,19+,20-/m0/s1. The lowest BCUT2D eigenvalue weighted by molar-refractivity contribution is -0.108. The van der Waals surface area contributed by atoms with Crippen LogP contribution in [0.3, 0.4) is 0 Å². The zero-order valence-corrected chi connectivity index (χ0v) is 16.3. The highest BCUT2D eigenvalue weighted by molar-refractivity contribution is 5.67. The molecule has 1 amide bonds. The van der Waals surface area contributed by atoms with E-state index >= 15 is 0 Å². The van der Waals surface area contributed by atoms with Gasteiger partial charge in [-0.2, -0.15) is 0 Å². The summed E-state index contributed by atoms with van der Waals surface area (Å²) in [6, 6.07) is 10.8. The van der Waals surface area contributed by atoms with Crippen molar-refractivity contribution in [2.24, 2.45) is 11.8 Å². The molecule has 2 fully saturated rings. The fourth-order valence-corrected chi connectivity index (χ4v) is 4.36. The van der Waals surface area contributed by atoms with E-state index in [9.17, 15) is 9.59 Å². The van der Waals surface area contributed by atoms with Gasteiger partial charge in [0.2, 0.25) is 0 Å². The quantitative estimate of drug-likeness (QED) is 0.561. The van der Waals surface area contributed by atoms with Gasteiger partial charge in [-0.15, -0.1) is 5.48 Å². The van der Waals surface area contributed by atoms with Crippen molar-refractivity contribution in [3.8, 4) is 0 Å². The van der Waals surface area contributed by atoms with E-state index in [1.807, 2.05) is 13.0 Å². The Kier molecular flexibility index (Phi) is 6.85. The van der Waals surface area contributed by atoms with Crippen LogP contribution in [0.2, 0.25) is 0 Å². The smallest absolute Gasteiger partial charge is 0.353 e. The average molecular weight is 373 g/mol. The van der Waals surface area contributed by atoms with Crippen molar-refractivity contribution in [1.82, 2.24) is 15.3 Å². The zero-order valence-electron chi connectivity index (χ0n) is 16.3. The summed E-state index contributed by atoms with van der Waals surface area (Å²) >= 11 is 0. The summed E-state index contributed by atoms with van der Waals surface area (Å²) < 4.78 is 0. The Morgan fingerprint density at radius 3 is 2.85 bits per heavy atom. The van der Waals surface area contributed by atoms with E-state index in [4.69, 9.17) is 4.84 Å². The van der Waals surface area contributed by atoms with Crippen LogP contribution in [0.15, 0.2) is 30.3 Å². The lowest BCUT2D eigenvalue weighted by Gasteiger charge is -2.26. The van der Waals surface area contributed by atoms with Crippen LogP contribution >= 0.6 is 0 Å². The number of aldehydes is 1. The van der Waals surface area contributed by atoms with Crippen molar-refractivity contribution in [3.63, 3.8) is 0 Å². The molecule has 1 aromatic rings. The Hall–Kier alpha value is -1.92. The Labute approximate surface area is 161 Å². The molecule has 3 rings (SSSR count). The van der Waals surface area contributed by atoms with Gasteiger partial charge in [0.05, 0.1) is 0 Å². The van der Waals surface area contributed by atoms with E-state index < -0.39 is 0 Å². The number of benzene rings is 1. The molecule has 1 saturated carbocycles. The van der Waals surface area contributed by atoms with Crippen LogP contribution in [-0.4, -0.2) is 54.4 Å². The molecule has 2 aliphatic rings. The number of likely N-dealkylation sites (tertiary alicyclic amines) is 1. The van der Waals surface area contributed by atoms with Crippen LogP contribution in [0.1, 0.15) is 38.2 Å². The summed E-state index contributed by atoms with van der Waals surface area (Å²) in [5, 5.41) is 0. The highest BCUT2D eigenvalue weighted by Crippen LogP contribution is 2.38. The molecule has 0 radical (unpaired) electrons. The van der Waals surface area contributed by atoms with Crippen LogP contribution in [0.5, 0.6) is 0 Å². The first kappa shape index (κ1) is 19.8. The number of hydrogen-bond acceptors (Lipinski definition) is 5. The van der Waals surface area contributed by atoms with Crippen molar-refractivity contribution < 1.29 is 14.4 Å². The van der Waals surface area contributed by atoms with Gasteiger partial charge < -0.3 is 14.5 Å². The number of nitrogens with zero attached hydrogens (tertiary/aromatic N) is 2. The van der Waals surface area contributed by atoms with Gasteiger partial charge in [-0.1, -0.05) is 30.3 Å². The third kappa shape index (κ3) is 5.08. The number of carbonyl (C=O) groups excluding carboxylic acids is 2. The predicted molar refractivity (Wildman–Crippen MR) is 104 cm³/mol. The Morgan fingerprint density at radius 2 is 2.11 bits per heavy atom. The maximum atomic E-state index is 12.2. The summed E-state index contributed by atoms with van der Waals surface area (Å²) in [6.45, 7) is 5.07. The number of nitrogens with one attached hydrogen (secondary N) is 1. The van der Waals surface area contributed by atoms with Crippen LogP contribution in [-0.2, 0) is 16.2 Å². The van der Waals surface area contributed by atoms with Gasteiger partial charge in [-0.05, 0) is 43.6 Å². The van der Waals surface area contributed by atoms with E-state index in [1.54, 1.807) is 11.9 Å². The summed E-state index contributed by atoms with van der Waals surface area (Å²) in [5.74, 6) is 1.20. The fourth-order valence-electron chi connectivity index (χ4n) is 4.36. The fraction of sp³-hybridized carbons (Fsp3) is 0.619. The summed E-state index contributed by atoms with van der Waals surface area (Å²) in [7, 11) is 1.72. The summed E-state index contributed by atoms with van der Waals surface area (Å²) in [5.41, 5.74) is 4.39. The molecule has 0 aromatic heterocycles. The molecule has 0 bridgehead atoms. The molecular formula is C21H31N3O3. The van der Waals surface area contributed by atoms with Gasteiger partial charge in [-0.3, -0.25) is 4.90 Å². The maximum absolute atomic E-state index is 12.2. The molecule has 1 aliphatic carbocycles. The molecule has 1 aromatic carbocycles. The minimum atomic E-state index is -0.379. The number of rotatable bonds is 8. The SMILES string of the molecule is C[C@@H](CCC=O)N(C)C(=O)ON[C@H]1CC[C@H]2CN(Cc3ccccc3)C[C@H]21. The van der Waals surface area contributed by atoms with Gasteiger partial charge in [0.15, 0.2) is 0 Å². The second-order valence-electron chi connectivity index (χ2n) is 7.98. The summed E-state index contributed by atoms with van der Waals surface area (Å²) in [6.07, 6.45) is 3.83. The second-order valence-corrected chi connectivity index (χ2v) is 7.98. The molecule has 1 heterocycles. The molecule has 27 heavy (non-hydrogen) atoms. The van der Waals surface area contributed by atoms with Crippen molar-refractivity contribution in [3.05, 3.63) is 35.9 Å². The number of carbonyl (C=O) groups is 2. The van der Waals surface area contributed by atoms with E-state index in [-0.39, 0.29) is 18.2 Å². The third-order valence-electron chi connectivity index (χ3n) is 6.13. The topological polar surface area (TPSA) is 61.9 Å². The normalized spacial score (nSPS) is 25.8. The average Bonchev–Trinajstić information content (AvgIpc) is 3.24. The van der Waals surface area contributed by atoms with Crippen LogP contribution in [0.25, 0.3) is 0 Å². The molecule has 6 heteroatoms. The lowest BCUT2D eigenvalue weighted by Crippen LogP contribution is -2.43. The van der Waals surface area contributed by atoms with E-state index in [1.165, 1.54) is 12.0 Å². The molecule has 0 spiro atoms. The zero-order chi connectivity index (χ0) is 19.2. The third-order valence-corrected chi connectivity index (χ3v) is 6.13. The monoisotopic (exact) mass is 373 g/mol. The van der Waals surface area contributed by atoms with Crippen molar-refractivity contribution in [2.75, 3.05) is 20.1 Å². The molecule has 148 valence electrons. The number of amides is 1. The Bertz CT molecular complexity index is 624. The van der Waals surface area contributed by atoms with Crippen LogP contribution < -0.4 is 5.48 Å². The van der Waals surface area contributed by atoms with Gasteiger partial charge in [-0.25, -0.2) is 4.79 Å². The van der Waals surface area contributed by atoms with Gasteiger partial charge in [0.25, 0.3) is 0 Å². The summed E-state index contributed by atoms with van der Waals surface area (Å²) in [4.78, 5) is 32.2. The molecule has 1 N–H and O–H groups in total. The highest BCUT2D eigenvalue weighted by atomic mass is 16.7. The largest absolute Gasteiger partial charge is 0.428 e. The first-order valence-electron chi connectivity index (χ1n) is 9.97. The lowest BCUT2D eigenvalue weighted by atomic mass is 9.98. The van der Waals surface area contributed by atoms with E-state index in [0.717, 1.165) is 32.3 Å². The second kappa shape index (κ2) is 9.33. The molecule has 0 unspecified atom stereocenters. The number of hydrogen-bond donors (Lipinski definition) is 1. The molecule has 1 aliphatic heterocycles. The van der Waals surface area contributed by atoms with Crippen LogP contribution in [0, 0.1) is 11.8 Å². The van der Waals surface area contributed by atoms with Crippen molar-refractivity contribution in [2.45, 2.75) is 51.2 Å². The number of fused-ring (bicyclic) bond motifs is 1. The highest BCUT2D eigenvalue weighted by Gasteiger charge is 2.43. The minimum absolute atomic E-state index is 0.0197. The maximum Gasteiger partial charge on any atom is 0.428 e. The predicted octanol–water partition coefficient (Wildman–Crippen LogP) is 2.84. The first-order valence-corrected chi connectivity index (χ1v) is 9.97. The van der Waals surface area contributed by atoms with E-state index in [2.05, 4.69) is 34.6 Å². The molecule has 1 saturated heterocycles. The Morgan fingerprint density at radius 1 is 1.33 bits per heavy atom. The van der Waals surface area contributed by atoms with Crippen molar-refractivity contribution >= 4 is 12.4 Å². The molecule has 6 nitrogen and oxygen atoms in total. The first-order chi connectivity index (χ1) is 13.1. The van der Waals surface area contributed by atoms with Crippen molar-refractivity contribution in [1.29, 1.82) is 0 Å². The molecule has 4 atom stereocenters. The molecular weight excluding hydrogens is 342 g/mol.